The van der Waals surface area contributed by atoms with Crippen molar-refractivity contribution in [2.24, 2.45) is 5.92 Å². The Balaban J connectivity index is 0.00000147. The van der Waals surface area contributed by atoms with Crippen molar-refractivity contribution in [3.63, 3.8) is 0 Å². The topological polar surface area (TPSA) is 61.4 Å². The number of halogens is 1. The first-order valence-corrected chi connectivity index (χ1v) is 7.53. The zero-order valence-electron chi connectivity index (χ0n) is 11.8. The molecule has 1 aliphatic heterocycles. The van der Waals surface area contributed by atoms with Gasteiger partial charge in [-0.25, -0.2) is 0 Å². The van der Waals surface area contributed by atoms with Gasteiger partial charge in [-0.1, -0.05) is 12.8 Å². The average Bonchev–Trinajstić information content (AvgIpc) is 3.21. The highest BCUT2D eigenvalue weighted by molar-refractivity contribution is 5.87. The maximum atomic E-state index is 12.3. The van der Waals surface area contributed by atoms with E-state index in [4.69, 9.17) is 0 Å². The lowest BCUT2D eigenvalue weighted by Gasteiger charge is -2.44. The lowest BCUT2D eigenvalue weighted by atomic mass is 9.87. The van der Waals surface area contributed by atoms with E-state index in [9.17, 15) is 9.59 Å². The highest BCUT2D eigenvalue weighted by atomic mass is 35.5. The Morgan fingerprint density at radius 1 is 1.25 bits per heavy atom. The molecule has 0 bridgehead atoms. The van der Waals surface area contributed by atoms with Gasteiger partial charge >= 0.3 is 0 Å². The van der Waals surface area contributed by atoms with Crippen LogP contribution in [0.15, 0.2) is 0 Å². The van der Waals surface area contributed by atoms with Gasteiger partial charge in [0.2, 0.25) is 11.8 Å². The predicted molar refractivity (Wildman–Crippen MR) is 78.7 cm³/mol. The number of amides is 2. The van der Waals surface area contributed by atoms with Crippen LogP contribution in [0, 0.1) is 5.92 Å². The van der Waals surface area contributed by atoms with Crippen molar-refractivity contribution in [2.45, 2.75) is 50.6 Å². The summed E-state index contributed by atoms with van der Waals surface area (Å²) >= 11 is 0. The molecule has 0 spiro atoms. The molecule has 3 fully saturated rings. The Kier molecular flexibility index (Phi) is 5.27. The van der Waals surface area contributed by atoms with Gasteiger partial charge in [0, 0.05) is 6.04 Å². The molecule has 20 heavy (non-hydrogen) atoms. The summed E-state index contributed by atoms with van der Waals surface area (Å²) in [5, 5.41) is 6.27. The Labute approximate surface area is 126 Å². The number of nitrogens with one attached hydrogen (secondary N) is 2. The van der Waals surface area contributed by atoms with Gasteiger partial charge in [0.1, 0.15) is 0 Å². The van der Waals surface area contributed by atoms with E-state index < -0.39 is 0 Å². The molecule has 5 nitrogen and oxygen atoms in total. The number of fused-ring (bicyclic) bond motifs is 1. The second kappa shape index (κ2) is 6.76. The number of carbonyl (C=O) groups is 2. The molecular formula is C14H24ClN3O2. The molecule has 2 aliphatic carbocycles. The van der Waals surface area contributed by atoms with Crippen LogP contribution in [-0.2, 0) is 9.59 Å². The minimum Gasteiger partial charge on any atom is -0.350 e. The minimum absolute atomic E-state index is 0. The van der Waals surface area contributed by atoms with Crippen LogP contribution in [0.5, 0.6) is 0 Å². The molecule has 0 aromatic carbocycles. The van der Waals surface area contributed by atoms with Crippen LogP contribution in [-0.4, -0.2) is 48.4 Å². The van der Waals surface area contributed by atoms with Crippen molar-refractivity contribution in [3.8, 4) is 0 Å². The standard InChI is InChI=1S/C14H23N3O2.ClH/c18-13-9-17(12-4-2-1-3-11(12)16-13)14(19)8-15-7-10-5-6-10;/h10-12,15H,1-9H2,(H,16,18);1H. The van der Waals surface area contributed by atoms with Gasteiger partial charge in [-0.3, -0.25) is 9.59 Å². The number of hydrogen-bond donors (Lipinski definition) is 2. The summed E-state index contributed by atoms with van der Waals surface area (Å²) in [6.45, 7) is 1.57. The third kappa shape index (κ3) is 3.64. The molecule has 0 aromatic heterocycles. The zero-order chi connectivity index (χ0) is 13.2. The van der Waals surface area contributed by atoms with Crippen molar-refractivity contribution in [2.75, 3.05) is 19.6 Å². The highest BCUT2D eigenvalue weighted by Crippen LogP contribution is 2.28. The normalized spacial score (nSPS) is 29.2. The van der Waals surface area contributed by atoms with E-state index in [1.165, 1.54) is 12.8 Å². The molecule has 2 saturated carbocycles. The third-order valence-corrected chi connectivity index (χ3v) is 4.52. The van der Waals surface area contributed by atoms with Gasteiger partial charge in [-0.2, -0.15) is 0 Å². The van der Waals surface area contributed by atoms with E-state index in [1.54, 1.807) is 0 Å². The van der Waals surface area contributed by atoms with Crippen LogP contribution in [0.3, 0.4) is 0 Å². The first-order chi connectivity index (χ1) is 9.24. The highest BCUT2D eigenvalue weighted by Gasteiger charge is 2.38. The molecule has 2 N–H and O–H groups in total. The SMILES string of the molecule is Cl.O=C1CN(C(=O)CNCC2CC2)C2CCCCC2N1. The van der Waals surface area contributed by atoms with Crippen LogP contribution < -0.4 is 10.6 Å². The van der Waals surface area contributed by atoms with Crippen LogP contribution in [0.2, 0.25) is 0 Å². The molecule has 0 aromatic rings. The fourth-order valence-corrected chi connectivity index (χ4v) is 3.26. The Morgan fingerprint density at radius 3 is 2.75 bits per heavy atom. The maximum Gasteiger partial charge on any atom is 0.239 e. The number of carbonyl (C=O) groups excluding carboxylic acids is 2. The van der Waals surface area contributed by atoms with Gasteiger partial charge in [0.05, 0.1) is 19.1 Å². The molecule has 114 valence electrons. The van der Waals surface area contributed by atoms with E-state index in [-0.39, 0.29) is 42.8 Å². The molecule has 3 aliphatic rings. The van der Waals surface area contributed by atoms with E-state index in [0.717, 1.165) is 38.1 Å². The molecule has 1 saturated heterocycles. The smallest absolute Gasteiger partial charge is 0.239 e. The van der Waals surface area contributed by atoms with Gasteiger partial charge in [-0.15, -0.1) is 12.4 Å². The Bertz CT molecular complexity index is 373. The van der Waals surface area contributed by atoms with Gasteiger partial charge < -0.3 is 15.5 Å². The van der Waals surface area contributed by atoms with E-state index in [1.807, 2.05) is 4.90 Å². The number of nitrogens with zero attached hydrogens (tertiary/aromatic N) is 1. The van der Waals surface area contributed by atoms with Crippen molar-refractivity contribution < 1.29 is 9.59 Å². The number of piperazine rings is 1. The summed E-state index contributed by atoms with van der Waals surface area (Å²) in [5.74, 6) is 0.867. The Hall–Kier alpha value is -0.810. The lowest BCUT2D eigenvalue weighted by molar-refractivity contribution is -0.143. The van der Waals surface area contributed by atoms with E-state index >= 15 is 0 Å². The fourth-order valence-electron chi connectivity index (χ4n) is 3.26. The van der Waals surface area contributed by atoms with Crippen molar-refractivity contribution in [3.05, 3.63) is 0 Å². The van der Waals surface area contributed by atoms with Crippen LogP contribution in [0.4, 0.5) is 0 Å². The second-order valence-electron chi connectivity index (χ2n) is 6.12. The zero-order valence-corrected chi connectivity index (χ0v) is 12.6. The summed E-state index contributed by atoms with van der Waals surface area (Å²) in [4.78, 5) is 25.8. The molecule has 0 radical (unpaired) electrons. The largest absolute Gasteiger partial charge is 0.350 e. The predicted octanol–water partition coefficient (Wildman–Crippen LogP) is 0.677. The quantitative estimate of drug-likeness (QED) is 0.803. The lowest BCUT2D eigenvalue weighted by Crippen LogP contribution is -2.63. The number of rotatable bonds is 4. The van der Waals surface area contributed by atoms with Gasteiger partial charge in [0.25, 0.3) is 0 Å². The Morgan fingerprint density at radius 2 is 2.00 bits per heavy atom. The first kappa shape index (κ1) is 15.6. The number of hydrogen-bond acceptors (Lipinski definition) is 3. The first-order valence-electron chi connectivity index (χ1n) is 7.53. The van der Waals surface area contributed by atoms with E-state index in [0.29, 0.717) is 6.54 Å². The molecule has 1 heterocycles. The second-order valence-corrected chi connectivity index (χ2v) is 6.12. The van der Waals surface area contributed by atoms with Crippen molar-refractivity contribution in [1.82, 2.24) is 15.5 Å². The third-order valence-electron chi connectivity index (χ3n) is 4.52. The molecular weight excluding hydrogens is 278 g/mol. The summed E-state index contributed by atoms with van der Waals surface area (Å²) in [6.07, 6.45) is 6.94. The molecule has 2 unspecified atom stereocenters. The monoisotopic (exact) mass is 301 g/mol. The molecule has 6 heteroatoms. The average molecular weight is 302 g/mol. The summed E-state index contributed by atoms with van der Waals surface area (Å²) in [6, 6.07) is 0.407. The fraction of sp³-hybridized carbons (Fsp3) is 0.857. The maximum absolute atomic E-state index is 12.3. The van der Waals surface area contributed by atoms with Gasteiger partial charge in [0.15, 0.2) is 0 Å². The van der Waals surface area contributed by atoms with Crippen molar-refractivity contribution >= 4 is 24.2 Å². The van der Waals surface area contributed by atoms with Gasteiger partial charge in [-0.05, 0) is 38.1 Å². The van der Waals surface area contributed by atoms with Crippen LogP contribution in [0.25, 0.3) is 0 Å². The van der Waals surface area contributed by atoms with Crippen LogP contribution >= 0.6 is 12.4 Å². The summed E-state index contributed by atoms with van der Waals surface area (Å²) in [5.41, 5.74) is 0. The minimum atomic E-state index is -0.00121. The van der Waals surface area contributed by atoms with E-state index in [2.05, 4.69) is 10.6 Å². The molecule has 3 rings (SSSR count). The van der Waals surface area contributed by atoms with Crippen molar-refractivity contribution in [1.29, 1.82) is 0 Å². The molecule has 2 atom stereocenters. The summed E-state index contributed by atoms with van der Waals surface area (Å²) < 4.78 is 0. The van der Waals surface area contributed by atoms with Crippen LogP contribution in [0.1, 0.15) is 38.5 Å². The molecule has 2 amide bonds. The summed E-state index contributed by atoms with van der Waals surface area (Å²) in [7, 11) is 0.